The molecule has 0 N–H and O–H groups in total. The molecule has 2 rings (SSSR count). The first-order valence-corrected chi connectivity index (χ1v) is 5.65. The molecule has 0 saturated carbocycles. The molecule has 2 heterocycles. The maximum atomic E-state index is 5.56. The number of ether oxygens (including phenoxy) is 1. The van der Waals surface area contributed by atoms with Crippen LogP contribution >= 0.6 is 0 Å². The van der Waals surface area contributed by atoms with Crippen LogP contribution in [0.15, 0.2) is 36.7 Å². The normalized spacial score (nSPS) is 10.5. The average molecular weight is 228 g/mol. The van der Waals surface area contributed by atoms with Crippen molar-refractivity contribution in [1.82, 2.24) is 9.97 Å². The van der Waals surface area contributed by atoms with E-state index in [0.29, 0.717) is 13.2 Å². The van der Waals surface area contributed by atoms with Crippen molar-refractivity contribution in [2.45, 2.75) is 27.1 Å². The Bertz CT molecular complexity index is 417. The van der Waals surface area contributed by atoms with Crippen LogP contribution in [0.1, 0.15) is 22.5 Å². The minimum Gasteiger partial charge on any atom is -0.369 e. The molecule has 0 aliphatic carbocycles. The highest BCUT2D eigenvalue weighted by molar-refractivity contribution is 5.12. The lowest BCUT2D eigenvalue weighted by atomic mass is 10.3. The molecule has 0 unspecified atom stereocenters. The molecule has 0 radical (unpaired) electrons. The van der Waals surface area contributed by atoms with Crippen molar-refractivity contribution in [2.24, 2.45) is 0 Å². The summed E-state index contributed by atoms with van der Waals surface area (Å²) in [4.78, 5) is 8.56. The van der Waals surface area contributed by atoms with E-state index in [-0.39, 0.29) is 0 Å². The molecule has 0 aliphatic heterocycles. The SMILES string of the molecule is Cc1ccc(COCc2ccc(C)cn2)nc1. The number of aryl methyl sites for hydroxylation is 2. The smallest absolute Gasteiger partial charge is 0.0893 e. The molecule has 2 aromatic rings. The van der Waals surface area contributed by atoms with E-state index in [1.807, 2.05) is 50.5 Å². The van der Waals surface area contributed by atoms with Crippen LogP contribution in [0.4, 0.5) is 0 Å². The van der Waals surface area contributed by atoms with E-state index in [9.17, 15) is 0 Å². The van der Waals surface area contributed by atoms with Crippen LogP contribution in [0.5, 0.6) is 0 Å². The van der Waals surface area contributed by atoms with Crippen molar-refractivity contribution in [2.75, 3.05) is 0 Å². The fourth-order valence-electron chi connectivity index (χ4n) is 1.43. The molecule has 0 spiro atoms. The van der Waals surface area contributed by atoms with Crippen LogP contribution in [0.25, 0.3) is 0 Å². The molecular formula is C14H16N2O. The number of hydrogen-bond acceptors (Lipinski definition) is 3. The average Bonchev–Trinajstić information content (AvgIpc) is 2.34. The van der Waals surface area contributed by atoms with Crippen molar-refractivity contribution < 1.29 is 4.74 Å². The zero-order valence-corrected chi connectivity index (χ0v) is 10.2. The maximum absolute atomic E-state index is 5.56. The minimum atomic E-state index is 0.524. The summed E-state index contributed by atoms with van der Waals surface area (Å²) >= 11 is 0. The van der Waals surface area contributed by atoms with E-state index in [1.54, 1.807) is 0 Å². The van der Waals surface area contributed by atoms with Gasteiger partial charge in [-0.3, -0.25) is 9.97 Å². The van der Waals surface area contributed by atoms with Crippen LogP contribution in [-0.2, 0) is 18.0 Å². The van der Waals surface area contributed by atoms with Gasteiger partial charge >= 0.3 is 0 Å². The fraction of sp³-hybridized carbons (Fsp3) is 0.286. The maximum Gasteiger partial charge on any atom is 0.0893 e. The first-order chi connectivity index (χ1) is 8.24. The molecule has 0 atom stereocenters. The molecular weight excluding hydrogens is 212 g/mol. The number of hydrogen-bond donors (Lipinski definition) is 0. The Morgan fingerprint density at radius 3 is 1.65 bits per heavy atom. The summed E-state index contributed by atoms with van der Waals surface area (Å²) in [7, 11) is 0. The lowest BCUT2D eigenvalue weighted by Crippen LogP contribution is -1.98. The first kappa shape index (κ1) is 11.7. The third-order valence-electron chi connectivity index (χ3n) is 2.45. The van der Waals surface area contributed by atoms with E-state index < -0.39 is 0 Å². The standard InChI is InChI=1S/C14H16N2O/c1-11-3-5-13(15-7-11)9-17-10-14-6-4-12(2)8-16-14/h3-8H,9-10H2,1-2H3. The van der Waals surface area contributed by atoms with Gasteiger partial charge in [-0.25, -0.2) is 0 Å². The largest absolute Gasteiger partial charge is 0.369 e. The molecule has 3 nitrogen and oxygen atoms in total. The topological polar surface area (TPSA) is 35.0 Å². The van der Waals surface area contributed by atoms with Crippen LogP contribution < -0.4 is 0 Å². The first-order valence-electron chi connectivity index (χ1n) is 5.65. The van der Waals surface area contributed by atoms with Gasteiger partial charge in [0.1, 0.15) is 0 Å². The molecule has 0 aromatic carbocycles. The van der Waals surface area contributed by atoms with Crippen molar-refractivity contribution in [3.63, 3.8) is 0 Å². The van der Waals surface area contributed by atoms with E-state index in [2.05, 4.69) is 9.97 Å². The van der Waals surface area contributed by atoms with E-state index >= 15 is 0 Å². The summed E-state index contributed by atoms with van der Waals surface area (Å²) < 4.78 is 5.56. The van der Waals surface area contributed by atoms with Gasteiger partial charge in [0.05, 0.1) is 24.6 Å². The van der Waals surface area contributed by atoms with Crippen LogP contribution in [0, 0.1) is 13.8 Å². The Morgan fingerprint density at radius 2 is 1.29 bits per heavy atom. The van der Waals surface area contributed by atoms with Gasteiger partial charge < -0.3 is 4.74 Å². The number of pyridine rings is 2. The van der Waals surface area contributed by atoms with E-state index in [1.165, 1.54) is 0 Å². The summed E-state index contributed by atoms with van der Waals surface area (Å²) in [6, 6.07) is 8.04. The van der Waals surface area contributed by atoms with E-state index in [4.69, 9.17) is 4.74 Å². The molecule has 88 valence electrons. The van der Waals surface area contributed by atoms with Crippen LogP contribution in [0.2, 0.25) is 0 Å². The van der Waals surface area contributed by atoms with Crippen molar-refractivity contribution in [3.05, 3.63) is 59.2 Å². The van der Waals surface area contributed by atoms with Gasteiger partial charge in [0.25, 0.3) is 0 Å². The predicted octanol–water partition coefficient (Wildman–Crippen LogP) is 2.81. The van der Waals surface area contributed by atoms with Crippen LogP contribution in [-0.4, -0.2) is 9.97 Å². The lowest BCUT2D eigenvalue weighted by molar-refractivity contribution is 0.102. The Balaban J connectivity index is 1.83. The molecule has 0 amide bonds. The summed E-state index contributed by atoms with van der Waals surface area (Å²) in [5, 5.41) is 0. The number of nitrogens with zero attached hydrogens (tertiary/aromatic N) is 2. The predicted molar refractivity (Wildman–Crippen MR) is 66.4 cm³/mol. The zero-order valence-electron chi connectivity index (χ0n) is 10.2. The lowest BCUT2D eigenvalue weighted by Gasteiger charge is -2.04. The third-order valence-corrected chi connectivity index (χ3v) is 2.45. The van der Waals surface area contributed by atoms with Crippen LogP contribution in [0.3, 0.4) is 0 Å². The second kappa shape index (κ2) is 5.55. The summed E-state index contributed by atoms with van der Waals surface area (Å²) in [6.07, 6.45) is 3.70. The van der Waals surface area contributed by atoms with Gasteiger partial charge in [0, 0.05) is 12.4 Å². The molecule has 0 saturated heterocycles. The van der Waals surface area contributed by atoms with Crippen molar-refractivity contribution in [3.8, 4) is 0 Å². The summed E-state index contributed by atoms with van der Waals surface area (Å²) in [5.74, 6) is 0. The van der Waals surface area contributed by atoms with Crippen molar-refractivity contribution >= 4 is 0 Å². The van der Waals surface area contributed by atoms with Gasteiger partial charge in [-0.2, -0.15) is 0 Å². The van der Waals surface area contributed by atoms with Crippen molar-refractivity contribution in [1.29, 1.82) is 0 Å². The summed E-state index contributed by atoms with van der Waals surface area (Å²) in [5.41, 5.74) is 4.22. The second-order valence-corrected chi connectivity index (χ2v) is 4.15. The summed E-state index contributed by atoms with van der Waals surface area (Å²) in [6.45, 7) is 5.09. The molecule has 0 aliphatic rings. The second-order valence-electron chi connectivity index (χ2n) is 4.15. The van der Waals surface area contributed by atoms with Gasteiger partial charge in [-0.05, 0) is 37.1 Å². The molecule has 0 bridgehead atoms. The molecule has 17 heavy (non-hydrogen) atoms. The Labute approximate surface area is 102 Å². The zero-order chi connectivity index (χ0) is 12.1. The van der Waals surface area contributed by atoms with Gasteiger partial charge in [0.2, 0.25) is 0 Å². The van der Waals surface area contributed by atoms with Gasteiger partial charge in [-0.15, -0.1) is 0 Å². The molecule has 3 heteroatoms. The monoisotopic (exact) mass is 228 g/mol. The number of aromatic nitrogens is 2. The molecule has 2 aromatic heterocycles. The molecule has 0 fully saturated rings. The Hall–Kier alpha value is -1.74. The van der Waals surface area contributed by atoms with Gasteiger partial charge in [-0.1, -0.05) is 12.1 Å². The highest BCUT2D eigenvalue weighted by Gasteiger charge is 1.97. The fourth-order valence-corrected chi connectivity index (χ4v) is 1.43. The minimum absolute atomic E-state index is 0.524. The highest BCUT2D eigenvalue weighted by atomic mass is 16.5. The third kappa shape index (κ3) is 3.64. The Kier molecular flexibility index (Phi) is 3.83. The highest BCUT2D eigenvalue weighted by Crippen LogP contribution is 2.04. The van der Waals surface area contributed by atoms with E-state index in [0.717, 1.165) is 22.5 Å². The quantitative estimate of drug-likeness (QED) is 0.807. The van der Waals surface area contributed by atoms with Gasteiger partial charge in [0.15, 0.2) is 0 Å². The number of rotatable bonds is 4. The Morgan fingerprint density at radius 1 is 0.824 bits per heavy atom.